The number of hydrogen-bond donors (Lipinski definition) is 1. The summed E-state index contributed by atoms with van der Waals surface area (Å²) < 4.78 is 4.84. The predicted molar refractivity (Wildman–Crippen MR) is 106 cm³/mol. The summed E-state index contributed by atoms with van der Waals surface area (Å²) in [6.07, 6.45) is 3.29. The lowest BCUT2D eigenvalue weighted by molar-refractivity contribution is -0.382. The number of hydrogen-bond acceptors (Lipinski definition) is 9. The second kappa shape index (κ2) is 7.74. The zero-order valence-corrected chi connectivity index (χ0v) is 15.6. The fourth-order valence-electron chi connectivity index (χ4n) is 3.38. The number of nitro benzene ring substituents is 1. The van der Waals surface area contributed by atoms with E-state index < -0.39 is 4.92 Å². The van der Waals surface area contributed by atoms with Gasteiger partial charge in [-0.15, -0.1) is 0 Å². The number of piperidine rings is 1. The van der Waals surface area contributed by atoms with Gasteiger partial charge in [0, 0.05) is 23.7 Å². The Morgan fingerprint density at radius 2 is 1.89 bits per heavy atom. The Kier molecular flexibility index (Phi) is 4.99. The molecule has 0 aliphatic carbocycles. The van der Waals surface area contributed by atoms with Crippen LogP contribution in [0.1, 0.15) is 19.3 Å². The number of nitriles is 1. The van der Waals surface area contributed by atoms with Crippen molar-refractivity contribution in [3.05, 3.63) is 40.4 Å². The van der Waals surface area contributed by atoms with Gasteiger partial charge in [0.15, 0.2) is 5.52 Å². The number of aromatic nitrogens is 2. The van der Waals surface area contributed by atoms with Crippen molar-refractivity contribution in [1.82, 2.24) is 10.3 Å². The van der Waals surface area contributed by atoms with E-state index in [4.69, 9.17) is 9.89 Å². The number of thiocyanates is 1. The maximum absolute atomic E-state index is 11.8. The van der Waals surface area contributed by atoms with Crippen LogP contribution in [0.3, 0.4) is 0 Å². The van der Waals surface area contributed by atoms with Crippen LogP contribution in [0.2, 0.25) is 0 Å². The van der Waals surface area contributed by atoms with Crippen LogP contribution >= 0.6 is 11.8 Å². The fourth-order valence-corrected chi connectivity index (χ4v) is 3.76. The first kappa shape index (κ1) is 18.1. The van der Waals surface area contributed by atoms with Crippen molar-refractivity contribution in [2.45, 2.75) is 24.2 Å². The molecule has 1 aliphatic heterocycles. The molecule has 1 N–H and O–H groups in total. The number of fused-ring (bicyclic) bond motifs is 1. The molecule has 0 radical (unpaired) electrons. The number of benzene rings is 2. The highest BCUT2D eigenvalue weighted by Gasteiger charge is 2.28. The predicted octanol–water partition coefficient (Wildman–Crippen LogP) is 4.44. The number of thioether (sulfide) groups is 1. The Morgan fingerprint density at radius 1 is 1.18 bits per heavy atom. The molecule has 0 spiro atoms. The Balaban J connectivity index is 1.78. The molecule has 0 unspecified atom stereocenters. The van der Waals surface area contributed by atoms with E-state index in [9.17, 15) is 10.1 Å². The molecule has 2 aromatic carbocycles. The summed E-state index contributed by atoms with van der Waals surface area (Å²) in [5.74, 6) is 0. The van der Waals surface area contributed by atoms with Gasteiger partial charge in [0.25, 0.3) is 0 Å². The largest absolute Gasteiger partial charge is 0.370 e. The molecule has 0 amide bonds. The summed E-state index contributed by atoms with van der Waals surface area (Å²) in [5, 5.41) is 33.4. The summed E-state index contributed by atoms with van der Waals surface area (Å²) in [4.78, 5) is 14.2. The minimum absolute atomic E-state index is 0.132. The molecule has 10 heteroatoms. The van der Waals surface area contributed by atoms with Crippen LogP contribution in [0.25, 0.3) is 11.0 Å². The molecule has 3 aromatic rings. The molecule has 1 aromatic heterocycles. The van der Waals surface area contributed by atoms with Crippen LogP contribution in [-0.2, 0) is 0 Å². The summed E-state index contributed by atoms with van der Waals surface area (Å²) in [5.41, 5.74) is 2.14. The van der Waals surface area contributed by atoms with Gasteiger partial charge < -0.3 is 10.2 Å². The highest BCUT2D eigenvalue weighted by molar-refractivity contribution is 8.03. The van der Waals surface area contributed by atoms with E-state index in [-0.39, 0.29) is 11.2 Å². The third-order valence-corrected chi connectivity index (χ3v) is 5.27. The van der Waals surface area contributed by atoms with Gasteiger partial charge in [-0.1, -0.05) is 0 Å². The maximum atomic E-state index is 11.8. The molecule has 142 valence electrons. The van der Waals surface area contributed by atoms with E-state index in [0.717, 1.165) is 48.3 Å². The molecule has 28 heavy (non-hydrogen) atoms. The molecule has 0 atom stereocenters. The van der Waals surface area contributed by atoms with E-state index in [1.807, 2.05) is 5.40 Å². The van der Waals surface area contributed by atoms with Gasteiger partial charge in [0.1, 0.15) is 11.1 Å². The molecule has 9 nitrogen and oxygen atoms in total. The first-order valence-electron chi connectivity index (χ1n) is 8.79. The number of nitro groups is 1. The quantitative estimate of drug-likeness (QED) is 0.289. The van der Waals surface area contributed by atoms with Crippen LogP contribution < -0.4 is 10.2 Å². The molecule has 4 rings (SSSR count). The molecule has 0 bridgehead atoms. The highest BCUT2D eigenvalue weighted by Crippen LogP contribution is 2.40. The Hall–Kier alpha value is -3.32. The second-order valence-corrected chi connectivity index (χ2v) is 7.26. The normalized spacial score (nSPS) is 14.0. The third-order valence-electron chi connectivity index (χ3n) is 4.67. The van der Waals surface area contributed by atoms with Crippen molar-refractivity contribution in [2.24, 2.45) is 0 Å². The lowest BCUT2D eigenvalue weighted by atomic mass is 10.1. The topological polar surface area (TPSA) is 121 Å². The summed E-state index contributed by atoms with van der Waals surface area (Å²) in [6, 6.07) is 8.85. The second-order valence-electron chi connectivity index (χ2n) is 6.40. The molecular weight excluding hydrogens is 380 g/mol. The van der Waals surface area contributed by atoms with Gasteiger partial charge >= 0.3 is 5.69 Å². The molecule has 2 heterocycles. The first-order valence-corrected chi connectivity index (χ1v) is 9.60. The van der Waals surface area contributed by atoms with Crippen molar-refractivity contribution < 1.29 is 9.55 Å². The van der Waals surface area contributed by atoms with E-state index in [0.29, 0.717) is 16.9 Å². The van der Waals surface area contributed by atoms with E-state index in [2.05, 4.69) is 20.5 Å². The van der Waals surface area contributed by atoms with Gasteiger partial charge in [-0.05, 0) is 71.7 Å². The molecule has 0 saturated carbocycles. The third kappa shape index (κ3) is 3.44. The Bertz CT molecular complexity index is 1050. The van der Waals surface area contributed by atoms with E-state index in [1.165, 1.54) is 6.42 Å². The monoisotopic (exact) mass is 396 g/mol. The van der Waals surface area contributed by atoms with E-state index >= 15 is 0 Å². The maximum Gasteiger partial charge on any atom is 0.324 e. The van der Waals surface area contributed by atoms with Crippen molar-refractivity contribution in [3.8, 4) is 5.40 Å². The first-order chi connectivity index (χ1) is 13.7. The van der Waals surface area contributed by atoms with Gasteiger partial charge in [0.05, 0.1) is 10.6 Å². The fraction of sp³-hybridized carbons (Fsp3) is 0.278. The Labute approximate surface area is 164 Å². The highest BCUT2D eigenvalue weighted by atomic mass is 32.2. The van der Waals surface area contributed by atoms with E-state index in [1.54, 1.807) is 30.3 Å². The van der Waals surface area contributed by atoms with Crippen LogP contribution in [0.15, 0.2) is 39.9 Å². The van der Waals surface area contributed by atoms with Crippen molar-refractivity contribution in [1.29, 1.82) is 5.26 Å². The average Bonchev–Trinajstić information content (AvgIpc) is 3.19. The number of anilines is 3. The van der Waals surface area contributed by atoms with Gasteiger partial charge in [-0.25, -0.2) is 4.63 Å². The Morgan fingerprint density at radius 3 is 2.57 bits per heavy atom. The SMILES string of the molecule is N#CSc1ccc(Nc2cc(N3CCCCC3)c3nonc3c2[N+](=O)[O-])cc1. The van der Waals surface area contributed by atoms with Gasteiger partial charge in [0.2, 0.25) is 5.52 Å². The molecule has 1 saturated heterocycles. The molecular formula is C18H16N6O3S. The summed E-state index contributed by atoms with van der Waals surface area (Å²) >= 11 is 1.05. The number of rotatable bonds is 5. The minimum Gasteiger partial charge on any atom is -0.370 e. The smallest absolute Gasteiger partial charge is 0.324 e. The van der Waals surface area contributed by atoms with Gasteiger partial charge in [-0.3, -0.25) is 10.1 Å². The summed E-state index contributed by atoms with van der Waals surface area (Å²) in [7, 11) is 0. The van der Waals surface area contributed by atoms with Crippen LogP contribution in [0.4, 0.5) is 22.7 Å². The lowest BCUT2D eigenvalue weighted by Crippen LogP contribution is -2.29. The summed E-state index contributed by atoms with van der Waals surface area (Å²) in [6.45, 7) is 1.72. The number of nitrogens with zero attached hydrogens (tertiary/aromatic N) is 5. The van der Waals surface area contributed by atoms with Crippen LogP contribution in [0, 0.1) is 20.8 Å². The van der Waals surface area contributed by atoms with Crippen molar-refractivity contribution >= 4 is 45.5 Å². The zero-order valence-electron chi connectivity index (χ0n) is 14.8. The molecule has 1 fully saturated rings. The van der Waals surface area contributed by atoms with Crippen molar-refractivity contribution in [2.75, 3.05) is 23.3 Å². The van der Waals surface area contributed by atoms with Crippen LogP contribution in [-0.4, -0.2) is 28.3 Å². The average molecular weight is 396 g/mol. The zero-order chi connectivity index (χ0) is 19.5. The number of nitrogens with one attached hydrogen (secondary N) is 1. The van der Waals surface area contributed by atoms with Crippen molar-refractivity contribution in [3.63, 3.8) is 0 Å². The van der Waals surface area contributed by atoms with Crippen LogP contribution in [0.5, 0.6) is 0 Å². The molecule has 1 aliphatic rings. The lowest BCUT2D eigenvalue weighted by Gasteiger charge is -2.29. The minimum atomic E-state index is -0.477. The van der Waals surface area contributed by atoms with Gasteiger partial charge in [-0.2, -0.15) is 5.26 Å². The standard InChI is InChI=1S/C18H16N6O3S/c19-11-28-13-6-4-12(5-7-13)20-14-10-15(23-8-2-1-3-9-23)16-17(22-27-21-16)18(14)24(25)26/h4-7,10,20H,1-3,8-9H2.